The van der Waals surface area contributed by atoms with Crippen LogP contribution in [-0.2, 0) is 11.3 Å². The number of nitrogen functional groups attached to an aromatic ring is 1. The average molecular weight is 489 g/mol. The third kappa shape index (κ3) is 4.47. The lowest BCUT2D eigenvalue weighted by molar-refractivity contribution is 0.189. The lowest BCUT2D eigenvalue weighted by Crippen LogP contribution is -2.07. The summed E-state index contributed by atoms with van der Waals surface area (Å²) in [6.45, 7) is 7.55. The highest BCUT2D eigenvalue weighted by Gasteiger charge is 2.22. The van der Waals surface area contributed by atoms with E-state index in [1.165, 1.54) is 4.88 Å². The predicted octanol–water partition coefficient (Wildman–Crippen LogP) is 5.69. The van der Waals surface area contributed by atoms with Crippen LogP contribution in [0.1, 0.15) is 34.9 Å². The van der Waals surface area contributed by atoms with Gasteiger partial charge in [-0.2, -0.15) is 0 Å². The molecule has 0 aliphatic rings. The molecule has 2 N–H and O–H groups in total. The normalized spacial score (nSPS) is 12.5. The summed E-state index contributed by atoms with van der Waals surface area (Å²) in [5.74, 6) is 1.95. The van der Waals surface area contributed by atoms with Gasteiger partial charge in [0.15, 0.2) is 11.0 Å². The highest BCUT2D eigenvalue weighted by Crippen LogP contribution is 2.38. The predicted molar refractivity (Wildman–Crippen MR) is 133 cm³/mol. The molecule has 1 atom stereocenters. The van der Waals surface area contributed by atoms with Crippen LogP contribution in [0.15, 0.2) is 29.4 Å². The molecule has 0 saturated heterocycles. The number of hydrogen-bond donors (Lipinski definition) is 1. The van der Waals surface area contributed by atoms with Crippen molar-refractivity contribution in [2.75, 3.05) is 19.5 Å². The molecule has 4 rings (SSSR count). The van der Waals surface area contributed by atoms with E-state index < -0.39 is 0 Å². The Labute approximate surface area is 200 Å². The molecule has 0 aliphatic heterocycles. The van der Waals surface area contributed by atoms with Gasteiger partial charge < -0.3 is 15.0 Å². The molecule has 0 radical (unpaired) electrons. The standard InChI is InChI=1S/C22H25ClN6OS2/c1-12-13(2)31-21-17(12)18(24)25-19(26-21)14(3)32-22-28-27-20(29(22)10-7-11-30-4)15-8-5-6-9-16(15)23/h5-6,8-9,14H,7,10-11H2,1-4H3,(H2,24,25,26)/t14-/m0/s1. The van der Waals surface area contributed by atoms with Gasteiger partial charge in [0.05, 0.1) is 15.7 Å². The molecule has 32 heavy (non-hydrogen) atoms. The molecule has 0 spiro atoms. The third-order valence-corrected chi connectivity index (χ3v) is 7.79. The maximum atomic E-state index is 6.45. The summed E-state index contributed by atoms with van der Waals surface area (Å²) in [4.78, 5) is 11.5. The van der Waals surface area contributed by atoms with E-state index in [2.05, 4.69) is 40.5 Å². The van der Waals surface area contributed by atoms with Crippen molar-refractivity contribution >= 4 is 50.7 Å². The summed E-state index contributed by atoms with van der Waals surface area (Å²) in [5, 5.41) is 11.2. The molecule has 4 aromatic rings. The van der Waals surface area contributed by atoms with E-state index in [0.29, 0.717) is 29.8 Å². The first-order chi connectivity index (χ1) is 15.4. The molecule has 0 saturated carbocycles. The zero-order valence-electron chi connectivity index (χ0n) is 18.4. The van der Waals surface area contributed by atoms with Crippen molar-refractivity contribution in [2.24, 2.45) is 0 Å². The first kappa shape index (κ1) is 23.0. The highest BCUT2D eigenvalue weighted by atomic mass is 35.5. The van der Waals surface area contributed by atoms with Crippen molar-refractivity contribution in [2.45, 2.75) is 44.1 Å². The maximum absolute atomic E-state index is 6.45. The van der Waals surface area contributed by atoms with Crippen molar-refractivity contribution in [3.8, 4) is 11.4 Å². The molecule has 1 aromatic carbocycles. The summed E-state index contributed by atoms with van der Waals surface area (Å²) in [7, 11) is 1.70. The number of hydrogen-bond acceptors (Lipinski definition) is 8. The van der Waals surface area contributed by atoms with E-state index in [4.69, 9.17) is 27.1 Å². The average Bonchev–Trinajstić information content (AvgIpc) is 3.29. The second kappa shape index (κ2) is 9.74. The number of thiophene rings is 1. The molecule has 0 aliphatic carbocycles. The highest BCUT2D eigenvalue weighted by molar-refractivity contribution is 7.99. The Morgan fingerprint density at radius 2 is 2.00 bits per heavy atom. The Hall–Kier alpha value is -2.20. The quantitative estimate of drug-likeness (QED) is 0.251. The molecule has 0 unspecified atom stereocenters. The first-order valence-corrected chi connectivity index (χ1v) is 12.3. The van der Waals surface area contributed by atoms with Gasteiger partial charge in [-0.15, -0.1) is 21.5 Å². The van der Waals surface area contributed by atoms with Crippen LogP contribution in [0.5, 0.6) is 0 Å². The van der Waals surface area contributed by atoms with Crippen LogP contribution < -0.4 is 5.73 Å². The molecule has 10 heteroatoms. The molecule has 168 valence electrons. The Morgan fingerprint density at radius 1 is 1.22 bits per heavy atom. The Kier molecular flexibility index (Phi) is 6.99. The number of benzene rings is 1. The summed E-state index contributed by atoms with van der Waals surface area (Å²) in [6, 6.07) is 7.66. The summed E-state index contributed by atoms with van der Waals surface area (Å²) >= 11 is 9.65. The van der Waals surface area contributed by atoms with Crippen LogP contribution in [0, 0.1) is 13.8 Å². The lowest BCUT2D eigenvalue weighted by atomic mass is 10.2. The van der Waals surface area contributed by atoms with E-state index in [0.717, 1.165) is 38.7 Å². The molecule has 3 aromatic heterocycles. The summed E-state index contributed by atoms with van der Waals surface area (Å²) < 4.78 is 7.33. The number of methoxy groups -OCH3 is 1. The third-order valence-electron chi connectivity index (χ3n) is 5.28. The smallest absolute Gasteiger partial charge is 0.192 e. The summed E-state index contributed by atoms with van der Waals surface area (Å²) in [6.07, 6.45) is 0.830. The van der Waals surface area contributed by atoms with E-state index in [1.54, 1.807) is 30.2 Å². The minimum absolute atomic E-state index is 0.0612. The largest absolute Gasteiger partial charge is 0.385 e. The molecule has 7 nitrogen and oxygen atoms in total. The number of fused-ring (bicyclic) bond motifs is 1. The molecular formula is C22H25ClN6OS2. The molecular weight excluding hydrogens is 464 g/mol. The Balaban J connectivity index is 1.67. The Bertz CT molecular complexity index is 1250. The van der Waals surface area contributed by atoms with Crippen LogP contribution >= 0.6 is 34.7 Å². The first-order valence-electron chi connectivity index (χ1n) is 10.3. The van der Waals surface area contributed by atoms with Gasteiger partial charge in [-0.1, -0.05) is 35.5 Å². The number of nitrogens with two attached hydrogens (primary N) is 1. The fourth-order valence-corrected chi connectivity index (χ4v) is 5.66. The van der Waals surface area contributed by atoms with Crippen LogP contribution in [0.2, 0.25) is 5.02 Å². The number of thioether (sulfide) groups is 1. The monoisotopic (exact) mass is 488 g/mol. The minimum atomic E-state index is -0.0612. The van der Waals surface area contributed by atoms with Gasteiger partial charge in [-0.25, -0.2) is 9.97 Å². The SMILES string of the molecule is COCCCn1c(S[C@@H](C)c2nc(N)c3c(C)c(C)sc3n2)nnc1-c1ccccc1Cl. The van der Waals surface area contributed by atoms with Gasteiger partial charge in [-0.3, -0.25) is 0 Å². The van der Waals surface area contributed by atoms with Crippen LogP contribution in [-0.4, -0.2) is 38.4 Å². The number of nitrogens with zero attached hydrogens (tertiary/aromatic N) is 5. The molecule has 0 bridgehead atoms. The zero-order valence-corrected chi connectivity index (χ0v) is 20.8. The second-order valence-electron chi connectivity index (χ2n) is 7.47. The van der Waals surface area contributed by atoms with E-state index in [1.807, 2.05) is 24.3 Å². The van der Waals surface area contributed by atoms with Crippen LogP contribution in [0.3, 0.4) is 0 Å². The van der Waals surface area contributed by atoms with Crippen molar-refractivity contribution in [3.05, 3.63) is 45.6 Å². The van der Waals surface area contributed by atoms with Crippen molar-refractivity contribution in [1.82, 2.24) is 24.7 Å². The van der Waals surface area contributed by atoms with E-state index in [9.17, 15) is 0 Å². The van der Waals surface area contributed by atoms with Gasteiger partial charge in [0, 0.05) is 30.7 Å². The van der Waals surface area contributed by atoms with Crippen molar-refractivity contribution < 1.29 is 4.74 Å². The van der Waals surface area contributed by atoms with Crippen molar-refractivity contribution in [1.29, 1.82) is 0 Å². The minimum Gasteiger partial charge on any atom is -0.385 e. The molecule has 3 heterocycles. The Morgan fingerprint density at radius 3 is 2.75 bits per heavy atom. The molecule has 0 amide bonds. The van der Waals surface area contributed by atoms with Gasteiger partial charge in [0.25, 0.3) is 0 Å². The van der Waals surface area contributed by atoms with Crippen molar-refractivity contribution in [3.63, 3.8) is 0 Å². The number of aryl methyl sites for hydroxylation is 2. The van der Waals surface area contributed by atoms with Gasteiger partial charge >= 0.3 is 0 Å². The van der Waals surface area contributed by atoms with E-state index >= 15 is 0 Å². The van der Waals surface area contributed by atoms with Gasteiger partial charge in [0.2, 0.25) is 0 Å². The number of aromatic nitrogens is 5. The second-order valence-corrected chi connectivity index (χ2v) is 10.4. The number of anilines is 1. The fraction of sp³-hybridized carbons (Fsp3) is 0.364. The van der Waals surface area contributed by atoms with Gasteiger partial charge in [0.1, 0.15) is 16.5 Å². The van der Waals surface area contributed by atoms with Crippen LogP contribution in [0.25, 0.3) is 21.6 Å². The topological polar surface area (TPSA) is 91.7 Å². The number of rotatable bonds is 8. The van der Waals surface area contributed by atoms with Crippen LogP contribution in [0.4, 0.5) is 5.82 Å². The summed E-state index contributed by atoms with van der Waals surface area (Å²) in [5.41, 5.74) is 8.30. The lowest BCUT2D eigenvalue weighted by Gasteiger charge is -2.14. The number of halogens is 1. The van der Waals surface area contributed by atoms with E-state index in [-0.39, 0.29) is 5.25 Å². The fourth-order valence-electron chi connectivity index (χ4n) is 3.48. The molecule has 0 fully saturated rings. The maximum Gasteiger partial charge on any atom is 0.192 e. The zero-order chi connectivity index (χ0) is 22.8. The van der Waals surface area contributed by atoms with Gasteiger partial charge in [-0.05, 0) is 44.9 Å². The number of ether oxygens (including phenoxy) is 1.